The van der Waals surface area contributed by atoms with Crippen LogP contribution in [-0.2, 0) is 0 Å². The molecule has 0 aromatic heterocycles. The maximum Gasteiger partial charge on any atom is 0.287 e. The van der Waals surface area contributed by atoms with Crippen molar-refractivity contribution in [3.63, 3.8) is 0 Å². The van der Waals surface area contributed by atoms with Crippen LogP contribution in [0.5, 0.6) is 0 Å². The number of nitro groups is 1. The number of nitrogens with one attached hydrogen (secondary N) is 1. The maximum absolute atomic E-state index is 10.6. The number of nitro benzene ring substituents is 1. The summed E-state index contributed by atoms with van der Waals surface area (Å²) in [6.07, 6.45) is 2.48. The molecule has 16 heavy (non-hydrogen) atoms. The fraction of sp³-hybridized carbons (Fsp3) is 0.364. The first-order valence-electron chi connectivity index (χ1n) is 5.13. The van der Waals surface area contributed by atoms with Crippen molar-refractivity contribution in [2.45, 2.75) is 12.8 Å². The van der Waals surface area contributed by atoms with Gasteiger partial charge in [-0.25, -0.2) is 0 Å². The molecule has 1 fully saturated rings. The van der Waals surface area contributed by atoms with Crippen LogP contribution in [0.15, 0.2) is 18.2 Å². The summed E-state index contributed by atoms with van der Waals surface area (Å²) in [4.78, 5) is 10.1. The highest BCUT2D eigenvalue weighted by atomic mass is 16.6. The number of anilines is 1. The topological polar surface area (TPSA) is 79.0 Å². The molecule has 0 saturated heterocycles. The van der Waals surface area contributed by atoms with Crippen LogP contribution < -0.4 is 5.32 Å². The van der Waals surface area contributed by atoms with Crippen LogP contribution in [0.3, 0.4) is 0 Å². The zero-order valence-electron chi connectivity index (χ0n) is 8.64. The number of hydrogen-bond donors (Lipinski definition) is 1. The summed E-state index contributed by atoms with van der Waals surface area (Å²) in [5.74, 6) is 0.723. The Kier molecular flexibility index (Phi) is 2.73. The zero-order chi connectivity index (χ0) is 11.5. The molecule has 0 unspecified atom stereocenters. The third-order valence-electron chi connectivity index (χ3n) is 2.61. The smallest absolute Gasteiger partial charge is 0.287 e. The molecule has 1 saturated carbocycles. The lowest BCUT2D eigenvalue weighted by atomic mass is 10.1. The first-order chi connectivity index (χ1) is 7.70. The van der Waals surface area contributed by atoms with Crippen LogP contribution in [0.25, 0.3) is 0 Å². The second-order valence-electron chi connectivity index (χ2n) is 3.93. The van der Waals surface area contributed by atoms with Crippen molar-refractivity contribution in [2.75, 3.05) is 11.9 Å². The second kappa shape index (κ2) is 4.19. The maximum atomic E-state index is 10.6. The number of hydrogen-bond acceptors (Lipinski definition) is 4. The molecule has 5 nitrogen and oxygen atoms in total. The van der Waals surface area contributed by atoms with E-state index in [0.717, 1.165) is 18.2 Å². The zero-order valence-corrected chi connectivity index (χ0v) is 8.64. The molecular weight excluding hydrogens is 206 g/mol. The minimum absolute atomic E-state index is 0.103. The number of benzene rings is 1. The number of rotatable bonds is 4. The molecule has 1 aromatic rings. The third kappa shape index (κ3) is 2.28. The fourth-order valence-electron chi connectivity index (χ4n) is 1.48. The Bertz CT molecular complexity index is 461. The van der Waals surface area contributed by atoms with Crippen LogP contribution in [0.1, 0.15) is 18.4 Å². The van der Waals surface area contributed by atoms with Gasteiger partial charge in [-0.05, 0) is 30.9 Å². The van der Waals surface area contributed by atoms with E-state index < -0.39 is 4.92 Å². The number of nitriles is 1. The van der Waals surface area contributed by atoms with Crippen LogP contribution in [0, 0.1) is 27.4 Å². The summed E-state index contributed by atoms with van der Waals surface area (Å²) >= 11 is 0. The van der Waals surface area contributed by atoms with E-state index >= 15 is 0 Å². The molecule has 5 heteroatoms. The largest absolute Gasteiger partial charge is 0.385 e. The Morgan fingerprint density at radius 3 is 2.88 bits per heavy atom. The van der Waals surface area contributed by atoms with Crippen molar-refractivity contribution in [3.8, 4) is 6.07 Å². The predicted octanol–water partition coefficient (Wildman–Crippen LogP) is 2.29. The Labute approximate surface area is 92.8 Å². The van der Waals surface area contributed by atoms with Gasteiger partial charge < -0.3 is 5.32 Å². The van der Waals surface area contributed by atoms with Gasteiger partial charge in [-0.1, -0.05) is 0 Å². The highest BCUT2D eigenvalue weighted by molar-refractivity contribution is 5.58. The third-order valence-corrected chi connectivity index (χ3v) is 2.61. The monoisotopic (exact) mass is 217 g/mol. The molecule has 0 heterocycles. The van der Waals surface area contributed by atoms with Crippen molar-refractivity contribution in [3.05, 3.63) is 33.9 Å². The summed E-state index contributed by atoms with van der Waals surface area (Å²) in [6.45, 7) is 0.878. The minimum Gasteiger partial charge on any atom is -0.385 e. The van der Waals surface area contributed by atoms with Crippen LogP contribution in [-0.4, -0.2) is 11.5 Å². The molecular formula is C11H11N3O2. The molecule has 2 rings (SSSR count). The molecule has 0 aliphatic heterocycles. The van der Waals surface area contributed by atoms with Gasteiger partial charge in [-0.15, -0.1) is 0 Å². The molecule has 1 aliphatic carbocycles. The predicted molar refractivity (Wildman–Crippen MR) is 59.0 cm³/mol. The van der Waals surface area contributed by atoms with E-state index in [9.17, 15) is 10.1 Å². The van der Waals surface area contributed by atoms with E-state index in [1.165, 1.54) is 25.0 Å². The van der Waals surface area contributed by atoms with Gasteiger partial charge in [-0.2, -0.15) is 5.26 Å². The molecule has 0 spiro atoms. The Morgan fingerprint density at radius 2 is 2.31 bits per heavy atom. The highest BCUT2D eigenvalue weighted by Crippen LogP contribution is 2.29. The van der Waals surface area contributed by atoms with Crippen LogP contribution in [0.4, 0.5) is 11.4 Å². The minimum atomic E-state index is -0.538. The van der Waals surface area contributed by atoms with Gasteiger partial charge in [0.25, 0.3) is 5.69 Å². The molecule has 1 aromatic carbocycles. The molecule has 0 atom stereocenters. The Hall–Kier alpha value is -2.09. The van der Waals surface area contributed by atoms with Gasteiger partial charge in [0.15, 0.2) is 0 Å². The molecule has 1 N–H and O–H groups in total. The molecule has 0 radical (unpaired) electrons. The van der Waals surface area contributed by atoms with E-state index in [1.807, 2.05) is 6.07 Å². The van der Waals surface area contributed by atoms with Gasteiger partial charge in [0.2, 0.25) is 0 Å². The van der Waals surface area contributed by atoms with E-state index in [0.29, 0.717) is 0 Å². The summed E-state index contributed by atoms with van der Waals surface area (Å²) in [6, 6.07) is 6.38. The van der Waals surface area contributed by atoms with Gasteiger partial charge in [0, 0.05) is 18.3 Å². The standard InChI is InChI=1S/C11H11N3O2/c12-6-9-5-10(13-7-8-1-2-8)3-4-11(9)14(15)16/h3-5,8,13H,1-2,7H2. The van der Waals surface area contributed by atoms with Crippen LogP contribution in [0.2, 0.25) is 0 Å². The first-order valence-corrected chi connectivity index (χ1v) is 5.13. The lowest BCUT2D eigenvalue weighted by Gasteiger charge is -2.05. The van der Waals surface area contributed by atoms with Crippen molar-refractivity contribution in [1.29, 1.82) is 5.26 Å². The second-order valence-corrected chi connectivity index (χ2v) is 3.93. The normalized spacial score (nSPS) is 14.2. The van der Waals surface area contributed by atoms with Gasteiger partial charge in [0.05, 0.1) is 4.92 Å². The summed E-state index contributed by atoms with van der Waals surface area (Å²) < 4.78 is 0. The number of nitrogens with zero attached hydrogens (tertiary/aromatic N) is 2. The summed E-state index contributed by atoms with van der Waals surface area (Å²) in [5, 5.41) is 22.6. The quantitative estimate of drug-likeness (QED) is 0.619. The summed E-state index contributed by atoms with van der Waals surface area (Å²) in [7, 11) is 0. The average Bonchev–Trinajstić information content (AvgIpc) is 3.09. The Morgan fingerprint density at radius 1 is 1.56 bits per heavy atom. The molecule has 1 aliphatic rings. The summed E-state index contributed by atoms with van der Waals surface area (Å²) in [5.41, 5.74) is 0.735. The highest BCUT2D eigenvalue weighted by Gasteiger charge is 2.21. The lowest BCUT2D eigenvalue weighted by molar-refractivity contribution is -0.385. The van der Waals surface area contributed by atoms with Crippen molar-refractivity contribution in [1.82, 2.24) is 0 Å². The van der Waals surface area contributed by atoms with E-state index in [-0.39, 0.29) is 11.3 Å². The van der Waals surface area contributed by atoms with Crippen molar-refractivity contribution < 1.29 is 4.92 Å². The lowest BCUT2D eigenvalue weighted by Crippen LogP contribution is -2.03. The van der Waals surface area contributed by atoms with Gasteiger partial charge in [-0.3, -0.25) is 10.1 Å². The Balaban J connectivity index is 2.15. The fourth-order valence-corrected chi connectivity index (χ4v) is 1.48. The van der Waals surface area contributed by atoms with Crippen LogP contribution >= 0.6 is 0 Å². The first kappa shape index (κ1) is 10.4. The molecule has 0 bridgehead atoms. The SMILES string of the molecule is N#Cc1cc(NCC2CC2)ccc1[N+](=O)[O-]. The van der Waals surface area contributed by atoms with E-state index in [1.54, 1.807) is 6.07 Å². The van der Waals surface area contributed by atoms with Gasteiger partial charge >= 0.3 is 0 Å². The van der Waals surface area contributed by atoms with E-state index in [2.05, 4.69) is 5.32 Å². The average molecular weight is 217 g/mol. The molecule has 82 valence electrons. The molecule has 0 amide bonds. The van der Waals surface area contributed by atoms with Crippen molar-refractivity contribution >= 4 is 11.4 Å². The van der Waals surface area contributed by atoms with Gasteiger partial charge in [0.1, 0.15) is 11.6 Å². The van der Waals surface area contributed by atoms with E-state index in [4.69, 9.17) is 5.26 Å². The van der Waals surface area contributed by atoms with Crippen molar-refractivity contribution in [2.24, 2.45) is 5.92 Å².